The smallest absolute Gasteiger partial charge is 0.327 e. The van der Waals surface area contributed by atoms with Crippen LogP contribution in [0.5, 0.6) is 11.6 Å². The molecule has 8 nitrogen and oxygen atoms in total. The average Bonchev–Trinajstić information content (AvgIpc) is 3.13. The van der Waals surface area contributed by atoms with Crippen molar-refractivity contribution in [3.8, 4) is 11.6 Å². The highest BCUT2D eigenvalue weighted by Crippen LogP contribution is 2.38. The third kappa shape index (κ3) is 3.62. The van der Waals surface area contributed by atoms with Gasteiger partial charge in [0, 0.05) is 23.4 Å². The number of carbonyl (C=O) groups is 2. The van der Waals surface area contributed by atoms with Crippen LogP contribution >= 0.6 is 23.6 Å². The van der Waals surface area contributed by atoms with E-state index >= 15 is 0 Å². The Kier molecular flexibility index (Phi) is 5.10. The minimum absolute atomic E-state index is 0.0675. The number of thiazole rings is 1. The van der Waals surface area contributed by atoms with Crippen LogP contribution in [0.1, 0.15) is 22.9 Å². The standard InChI is InChI=1S/C17H14N2O6S2/c1-25-9-2-3-10-8(7-18-11(10)5-9)4-13-15(22)19(17(26)27-13)12(16(23)24)6-14(20)21/h2-5,7,12,22H,6H2,1H3,(H,20,21)(H,23,24)/b8-4+. The molecule has 0 saturated carbocycles. The van der Waals surface area contributed by atoms with Gasteiger partial charge in [0.1, 0.15) is 11.8 Å². The summed E-state index contributed by atoms with van der Waals surface area (Å²) in [7, 11) is 1.56. The van der Waals surface area contributed by atoms with Crippen LogP contribution in [0.3, 0.4) is 0 Å². The van der Waals surface area contributed by atoms with Gasteiger partial charge in [0.15, 0.2) is 3.95 Å². The molecule has 0 radical (unpaired) electrons. The lowest BCUT2D eigenvalue weighted by atomic mass is 10.1. The molecule has 3 N–H and O–H groups in total. The van der Waals surface area contributed by atoms with Gasteiger partial charge in [-0.15, -0.1) is 11.3 Å². The first-order valence-electron chi connectivity index (χ1n) is 7.65. The number of rotatable bonds is 6. The van der Waals surface area contributed by atoms with E-state index in [4.69, 9.17) is 22.1 Å². The fraction of sp³-hybridized carbons (Fsp3) is 0.176. The number of aliphatic carboxylic acids is 2. The van der Waals surface area contributed by atoms with Gasteiger partial charge in [0.25, 0.3) is 0 Å². The highest BCUT2D eigenvalue weighted by molar-refractivity contribution is 7.73. The van der Waals surface area contributed by atoms with E-state index in [1.54, 1.807) is 31.5 Å². The lowest BCUT2D eigenvalue weighted by molar-refractivity contribution is -0.147. The monoisotopic (exact) mass is 406 g/mol. The number of hydrogen-bond donors (Lipinski definition) is 3. The first-order chi connectivity index (χ1) is 12.8. The van der Waals surface area contributed by atoms with E-state index < -0.39 is 24.4 Å². The molecular formula is C17H14N2O6S2. The fourth-order valence-electron chi connectivity index (χ4n) is 2.67. The third-order valence-electron chi connectivity index (χ3n) is 3.95. The molecule has 1 aliphatic rings. The minimum Gasteiger partial charge on any atom is -0.497 e. The van der Waals surface area contributed by atoms with Crippen molar-refractivity contribution in [1.29, 1.82) is 0 Å². The SMILES string of the molecule is COc1ccc2c(c1)N=C/C2=C\c1sc(=S)n(C(CC(=O)O)C(=O)O)c1O. The highest BCUT2D eigenvalue weighted by atomic mass is 32.1. The number of methoxy groups -OCH3 is 1. The zero-order valence-corrected chi connectivity index (χ0v) is 15.6. The summed E-state index contributed by atoms with van der Waals surface area (Å²) >= 11 is 6.14. The number of allylic oxidation sites excluding steroid dienone is 1. The second-order valence-electron chi connectivity index (χ2n) is 5.62. The Morgan fingerprint density at radius 1 is 1.41 bits per heavy atom. The molecule has 140 valence electrons. The quantitative estimate of drug-likeness (QED) is 0.629. The van der Waals surface area contributed by atoms with Crippen molar-refractivity contribution in [1.82, 2.24) is 4.57 Å². The maximum absolute atomic E-state index is 11.4. The molecule has 1 unspecified atom stereocenters. The van der Waals surface area contributed by atoms with E-state index in [1.165, 1.54) is 0 Å². The highest BCUT2D eigenvalue weighted by Gasteiger charge is 2.28. The van der Waals surface area contributed by atoms with Crippen molar-refractivity contribution < 1.29 is 29.6 Å². The van der Waals surface area contributed by atoms with Gasteiger partial charge in [0.05, 0.1) is 24.1 Å². The van der Waals surface area contributed by atoms with Crippen LogP contribution in [0.15, 0.2) is 23.2 Å². The lowest BCUT2D eigenvalue weighted by Gasteiger charge is -2.12. The number of benzene rings is 1. The predicted molar refractivity (Wildman–Crippen MR) is 103 cm³/mol. The maximum Gasteiger partial charge on any atom is 0.327 e. The molecule has 3 rings (SSSR count). The molecule has 1 aromatic heterocycles. The van der Waals surface area contributed by atoms with Crippen molar-refractivity contribution in [3.05, 3.63) is 32.6 Å². The summed E-state index contributed by atoms with van der Waals surface area (Å²) in [4.78, 5) is 27.0. The molecule has 0 aliphatic carbocycles. The zero-order valence-electron chi connectivity index (χ0n) is 13.9. The summed E-state index contributed by atoms with van der Waals surface area (Å²) in [5.74, 6) is -2.42. The normalized spacial score (nSPS) is 14.9. The number of aromatic hydroxyl groups is 1. The third-order valence-corrected chi connectivity index (χ3v) is 5.29. The number of carboxylic acids is 2. The Hall–Kier alpha value is -2.98. The van der Waals surface area contributed by atoms with Crippen molar-refractivity contribution in [2.75, 3.05) is 7.11 Å². The summed E-state index contributed by atoms with van der Waals surface area (Å²) in [5.41, 5.74) is 2.23. The molecule has 0 bridgehead atoms. The Labute approximate surface area is 162 Å². The van der Waals surface area contributed by atoms with Gasteiger partial charge < -0.3 is 20.1 Å². The van der Waals surface area contributed by atoms with Crippen LogP contribution in [-0.4, -0.2) is 45.1 Å². The van der Waals surface area contributed by atoms with Gasteiger partial charge in [-0.05, 0) is 30.4 Å². The van der Waals surface area contributed by atoms with Gasteiger partial charge in [-0.1, -0.05) is 0 Å². The van der Waals surface area contributed by atoms with Crippen molar-refractivity contribution >= 4 is 59.0 Å². The summed E-state index contributed by atoms with van der Waals surface area (Å²) in [6.07, 6.45) is 2.55. The molecule has 0 amide bonds. The van der Waals surface area contributed by atoms with E-state index in [-0.39, 0.29) is 9.83 Å². The number of hydrogen-bond acceptors (Lipinski definition) is 7. The lowest BCUT2D eigenvalue weighted by Crippen LogP contribution is -2.22. The Balaban J connectivity index is 2.03. The van der Waals surface area contributed by atoms with Gasteiger partial charge >= 0.3 is 11.9 Å². The van der Waals surface area contributed by atoms with Crippen LogP contribution < -0.4 is 4.74 Å². The van der Waals surface area contributed by atoms with Crippen molar-refractivity contribution in [2.45, 2.75) is 12.5 Å². The molecule has 27 heavy (non-hydrogen) atoms. The second kappa shape index (κ2) is 7.33. The van der Waals surface area contributed by atoms with E-state index in [2.05, 4.69) is 4.99 Å². The van der Waals surface area contributed by atoms with E-state index in [0.717, 1.165) is 21.5 Å². The Morgan fingerprint density at radius 3 is 2.78 bits per heavy atom. The summed E-state index contributed by atoms with van der Waals surface area (Å²) in [6.45, 7) is 0. The molecule has 1 atom stereocenters. The van der Waals surface area contributed by atoms with Crippen LogP contribution in [0.4, 0.5) is 5.69 Å². The topological polar surface area (TPSA) is 121 Å². The first kappa shape index (κ1) is 18.8. The van der Waals surface area contributed by atoms with Crippen molar-refractivity contribution in [2.24, 2.45) is 4.99 Å². The number of ether oxygens (including phenoxy) is 1. The van der Waals surface area contributed by atoms with Gasteiger partial charge in [-0.25, -0.2) is 4.79 Å². The molecule has 0 fully saturated rings. The first-order valence-corrected chi connectivity index (χ1v) is 8.87. The van der Waals surface area contributed by atoms with Crippen LogP contribution in [-0.2, 0) is 9.59 Å². The molecule has 0 saturated heterocycles. The summed E-state index contributed by atoms with van der Waals surface area (Å²) in [5, 5.41) is 28.7. The van der Waals surface area contributed by atoms with Gasteiger partial charge in [-0.2, -0.15) is 0 Å². The Morgan fingerprint density at radius 2 is 2.15 bits per heavy atom. The number of nitrogens with zero attached hydrogens (tertiary/aromatic N) is 2. The average molecular weight is 406 g/mol. The van der Waals surface area contributed by atoms with Crippen molar-refractivity contribution in [3.63, 3.8) is 0 Å². The Bertz CT molecular complexity index is 1050. The molecule has 1 aromatic carbocycles. The van der Waals surface area contributed by atoms with E-state index in [0.29, 0.717) is 21.9 Å². The number of carboxylic acid groups (broad SMARTS) is 2. The number of aromatic nitrogens is 1. The molecule has 0 spiro atoms. The number of aliphatic imine (C=N–C) groups is 1. The fourth-order valence-corrected chi connectivity index (χ4v) is 4.03. The van der Waals surface area contributed by atoms with E-state index in [9.17, 15) is 19.8 Å². The molecule has 2 heterocycles. The van der Waals surface area contributed by atoms with Crippen LogP contribution in [0.2, 0.25) is 0 Å². The zero-order chi connectivity index (χ0) is 19.7. The van der Waals surface area contributed by atoms with Gasteiger partial charge in [-0.3, -0.25) is 14.4 Å². The summed E-state index contributed by atoms with van der Waals surface area (Å²) < 4.78 is 6.18. The van der Waals surface area contributed by atoms with Crippen LogP contribution in [0.25, 0.3) is 11.6 Å². The minimum atomic E-state index is -1.49. The predicted octanol–water partition coefficient (Wildman–Crippen LogP) is 3.35. The largest absolute Gasteiger partial charge is 0.497 e. The van der Waals surface area contributed by atoms with Gasteiger partial charge in [0.2, 0.25) is 5.88 Å². The maximum atomic E-state index is 11.4. The van der Waals surface area contributed by atoms with Crippen LogP contribution in [0, 0.1) is 3.95 Å². The number of fused-ring (bicyclic) bond motifs is 1. The molecule has 2 aromatic rings. The summed E-state index contributed by atoms with van der Waals surface area (Å²) in [6, 6.07) is 3.88. The molecular weight excluding hydrogens is 392 g/mol. The molecule has 10 heteroatoms. The molecule has 1 aliphatic heterocycles. The van der Waals surface area contributed by atoms with E-state index in [1.807, 2.05) is 6.07 Å². The second-order valence-corrected chi connectivity index (χ2v) is 7.29.